The zero-order valence-electron chi connectivity index (χ0n) is 17.8. The summed E-state index contributed by atoms with van der Waals surface area (Å²) in [5.74, 6) is -0.208. The number of piperidine rings is 1. The Morgan fingerprint density at radius 1 is 1.12 bits per heavy atom. The Morgan fingerprint density at radius 2 is 1.78 bits per heavy atom. The van der Waals surface area contributed by atoms with Gasteiger partial charge in [-0.15, -0.1) is 0 Å². The number of benzene rings is 2. The van der Waals surface area contributed by atoms with Crippen LogP contribution in [-0.4, -0.2) is 52.0 Å². The summed E-state index contributed by atoms with van der Waals surface area (Å²) in [4.78, 5) is 26.0. The Labute approximate surface area is 192 Å². The lowest BCUT2D eigenvalue weighted by Crippen LogP contribution is -2.40. The highest BCUT2D eigenvalue weighted by molar-refractivity contribution is 7.92. The minimum Gasteiger partial charge on any atom is -0.494 e. The lowest BCUT2D eigenvalue weighted by atomic mass is 9.96. The van der Waals surface area contributed by atoms with E-state index in [-0.39, 0.29) is 33.3 Å². The van der Waals surface area contributed by atoms with Crippen molar-refractivity contribution in [3.05, 3.63) is 53.1 Å². The smallest absolute Gasteiger partial charge is 0.308 e. The number of anilines is 1. The van der Waals surface area contributed by atoms with Crippen LogP contribution in [0.5, 0.6) is 5.75 Å². The molecule has 1 fully saturated rings. The molecule has 1 aliphatic rings. The van der Waals surface area contributed by atoms with Gasteiger partial charge in [0, 0.05) is 24.3 Å². The van der Waals surface area contributed by atoms with Crippen molar-refractivity contribution in [2.75, 3.05) is 31.5 Å². The zero-order chi connectivity index (χ0) is 23.3. The number of carbonyl (C=O) groups excluding carboxylic acids is 2. The van der Waals surface area contributed by atoms with Crippen molar-refractivity contribution < 1.29 is 27.5 Å². The van der Waals surface area contributed by atoms with Crippen LogP contribution < -0.4 is 9.46 Å². The highest BCUT2D eigenvalue weighted by Crippen LogP contribution is 2.27. The third kappa shape index (κ3) is 5.52. The lowest BCUT2D eigenvalue weighted by molar-refractivity contribution is -0.146. The van der Waals surface area contributed by atoms with Crippen LogP contribution in [0.25, 0.3) is 0 Å². The number of hydrogen-bond donors (Lipinski definition) is 1. The summed E-state index contributed by atoms with van der Waals surface area (Å²) >= 11 is 6.16. The van der Waals surface area contributed by atoms with Gasteiger partial charge in [-0.25, -0.2) is 8.42 Å². The molecule has 3 rings (SSSR count). The number of likely N-dealkylation sites (tertiary alicyclic amines) is 1. The molecule has 0 aromatic heterocycles. The molecule has 172 valence electrons. The normalized spacial score (nSPS) is 14.7. The molecule has 0 saturated carbocycles. The van der Waals surface area contributed by atoms with Gasteiger partial charge in [0.25, 0.3) is 15.9 Å². The van der Waals surface area contributed by atoms with E-state index in [4.69, 9.17) is 21.1 Å². The molecular formula is C22H25ClN2O6S. The molecule has 1 aliphatic heterocycles. The summed E-state index contributed by atoms with van der Waals surface area (Å²) in [5, 5.41) is 0.00406. The molecule has 1 saturated heterocycles. The van der Waals surface area contributed by atoms with Crippen molar-refractivity contribution in [3.63, 3.8) is 0 Å². The van der Waals surface area contributed by atoms with Gasteiger partial charge in [0.1, 0.15) is 10.6 Å². The Balaban J connectivity index is 1.76. The first-order valence-corrected chi connectivity index (χ1v) is 12.0. The van der Waals surface area contributed by atoms with Gasteiger partial charge in [-0.2, -0.15) is 0 Å². The number of nitrogens with zero attached hydrogens (tertiary/aromatic N) is 1. The minimum absolute atomic E-state index is 0.00406. The molecule has 0 radical (unpaired) electrons. The Bertz CT molecular complexity index is 1080. The molecule has 0 aliphatic carbocycles. The van der Waals surface area contributed by atoms with Crippen molar-refractivity contribution in [1.82, 2.24) is 4.90 Å². The molecule has 0 atom stereocenters. The van der Waals surface area contributed by atoms with E-state index in [0.29, 0.717) is 44.0 Å². The first-order valence-electron chi connectivity index (χ1n) is 10.2. The maximum atomic E-state index is 12.9. The number of sulfonamides is 1. The van der Waals surface area contributed by atoms with E-state index < -0.39 is 10.0 Å². The maximum absolute atomic E-state index is 12.9. The summed E-state index contributed by atoms with van der Waals surface area (Å²) in [6.45, 7) is 3.12. The summed E-state index contributed by atoms with van der Waals surface area (Å²) in [5.41, 5.74) is 0.545. The molecule has 0 unspecified atom stereocenters. The van der Waals surface area contributed by atoms with Crippen LogP contribution in [0.2, 0.25) is 5.02 Å². The first kappa shape index (κ1) is 23.9. The number of amides is 1. The second-order valence-electron chi connectivity index (χ2n) is 7.30. The van der Waals surface area contributed by atoms with Crippen molar-refractivity contribution in [2.24, 2.45) is 5.92 Å². The van der Waals surface area contributed by atoms with Crippen LogP contribution >= 0.6 is 11.6 Å². The lowest BCUT2D eigenvalue weighted by Gasteiger charge is -2.30. The van der Waals surface area contributed by atoms with Crippen molar-refractivity contribution >= 4 is 39.2 Å². The van der Waals surface area contributed by atoms with Gasteiger partial charge in [0.05, 0.1) is 24.7 Å². The van der Waals surface area contributed by atoms with Crippen LogP contribution in [0.4, 0.5) is 5.69 Å². The predicted octanol–water partition coefficient (Wildman–Crippen LogP) is 3.56. The number of esters is 1. The van der Waals surface area contributed by atoms with Gasteiger partial charge in [-0.1, -0.05) is 11.6 Å². The summed E-state index contributed by atoms with van der Waals surface area (Å²) in [7, 11) is -2.69. The standard InChI is InChI=1S/C22H25ClN2O6S/c1-3-31-18-7-5-17(6-8-18)24-32(28,29)20-14-16(4-9-19(20)23)21(26)25-12-10-15(11-13-25)22(27)30-2/h4-9,14-15,24H,3,10-13H2,1-2H3. The molecule has 2 aromatic rings. The van der Waals surface area contributed by atoms with Crippen LogP contribution in [-0.2, 0) is 19.6 Å². The number of nitrogens with one attached hydrogen (secondary N) is 1. The highest BCUT2D eigenvalue weighted by atomic mass is 35.5. The Kier molecular flexibility index (Phi) is 7.63. The van der Waals surface area contributed by atoms with Gasteiger partial charge < -0.3 is 14.4 Å². The fraction of sp³-hybridized carbons (Fsp3) is 0.364. The molecular weight excluding hydrogens is 456 g/mol. The largest absolute Gasteiger partial charge is 0.494 e. The van der Waals surface area contributed by atoms with Gasteiger partial charge >= 0.3 is 5.97 Å². The summed E-state index contributed by atoms with van der Waals surface area (Å²) in [6, 6.07) is 10.6. The van der Waals surface area contributed by atoms with Gasteiger partial charge in [-0.05, 0) is 62.2 Å². The van der Waals surface area contributed by atoms with Gasteiger partial charge in [0.15, 0.2) is 0 Å². The monoisotopic (exact) mass is 480 g/mol. The molecule has 1 N–H and O–H groups in total. The second kappa shape index (κ2) is 10.2. The fourth-order valence-corrected chi connectivity index (χ4v) is 5.09. The average molecular weight is 481 g/mol. The summed E-state index contributed by atoms with van der Waals surface area (Å²) in [6.07, 6.45) is 0.993. The van der Waals surface area contributed by atoms with Gasteiger partial charge in [0.2, 0.25) is 0 Å². The zero-order valence-corrected chi connectivity index (χ0v) is 19.4. The SMILES string of the molecule is CCOc1ccc(NS(=O)(=O)c2cc(C(=O)N3CCC(C(=O)OC)CC3)ccc2Cl)cc1. The van der Waals surface area contributed by atoms with Gasteiger partial charge in [-0.3, -0.25) is 14.3 Å². The van der Waals surface area contributed by atoms with Crippen LogP contribution in [0.3, 0.4) is 0 Å². The van der Waals surface area contributed by atoms with E-state index >= 15 is 0 Å². The van der Waals surface area contributed by atoms with E-state index in [9.17, 15) is 18.0 Å². The number of halogens is 1. The highest BCUT2D eigenvalue weighted by Gasteiger charge is 2.29. The van der Waals surface area contributed by atoms with Crippen molar-refractivity contribution in [1.29, 1.82) is 0 Å². The van der Waals surface area contributed by atoms with Crippen LogP contribution in [0.1, 0.15) is 30.1 Å². The molecule has 1 amide bonds. The summed E-state index contributed by atoms with van der Waals surface area (Å²) < 4.78 is 38.5. The van der Waals surface area contributed by atoms with Crippen LogP contribution in [0, 0.1) is 5.92 Å². The first-order chi connectivity index (χ1) is 15.2. The van der Waals surface area contributed by atoms with E-state index in [0.717, 1.165) is 0 Å². The van der Waals surface area contributed by atoms with E-state index in [1.54, 1.807) is 29.2 Å². The molecule has 10 heteroatoms. The molecule has 8 nitrogen and oxygen atoms in total. The van der Waals surface area contributed by atoms with E-state index in [2.05, 4.69) is 4.72 Å². The molecule has 1 heterocycles. The Hall–Kier alpha value is -2.78. The average Bonchev–Trinajstić information content (AvgIpc) is 2.79. The molecule has 2 aromatic carbocycles. The van der Waals surface area contributed by atoms with Crippen molar-refractivity contribution in [3.8, 4) is 5.75 Å². The maximum Gasteiger partial charge on any atom is 0.308 e. The molecule has 32 heavy (non-hydrogen) atoms. The topological polar surface area (TPSA) is 102 Å². The van der Waals surface area contributed by atoms with E-state index in [1.807, 2.05) is 6.92 Å². The predicted molar refractivity (Wildman–Crippen MR) is 121 cm³/mol. The fourth-order valence-electron chi connectivity index (χ4n) is 3.51. The van der Waals surface area contributed by atoms with E-state index in [1.165, 1.54) is 25.3 Å². The third-order valence-electron chi connectivity index (χ3n) is 5.20. The molecule has 0 spiro atoms. The number of carbonyl (C=O) groups is 2. The van der Waals surface area contributed by atoms with Crippen LogP contribution in [0.15, 0.2) is 47.4 Å². The third-order valence-corrected chi connectivity index (χ3v) is 7.06. The number of ether oxygens (including phenoxy) is 2. The number of rotatable bonds is 7. The second-order valence-corrected chi connectivity index (χ2v) is 9.36. The molecule has 0 bridgehead atoms. The minimum atomic E-state index is -4.03. The quantitative estimate of drug-likeness (QED) is 0.608. The number of hydrogen-bond acceptors (Lipinski definition) is 6. The van der Waals surface area contributed by atoms with Crippen molar-refractivity contribution in [2.45, 2.75) is 24.7 Å². The number of methoxy groups -OCH3 is 1. The Morgan fingerprint density at radius 3 is 2.38 bits per heavy atom.